The quantitative estimate of drug-likeness (QED) is 0.796. The van der Waals surface area contributed by atoms with Crippen LogP contribution in [-0.4, -0.2) is 20.4 Å². The van der Waals surface area contributed by atoms with Crippen molar-refractivity contribution in [1.82, 2.24) is 20.4 Å². The highest BCUT2D eigenvalue weighted by atomic mass is 15.2. The second kappa shape index (κ2) is 4.08. The number of hydrogen-bond acceptors (Lipinski definition) is 4. The fourth-order valence-electron chi connectivity index (χ4n) is 1.34. The van der Waals surface area contributed by atoms with E-state index in [0.717, 1.165) is 16.9 Å². The Morgan fingerprint density at radius 3 is 2.93 bits per heavy atom. The molecule has 1 unspecified atom stereocenters. The first-order valence-electron chi connectivity index (χ1n) is 4.80. The number of aromatic amines is 1. The zero-order chi connectivity index (χ0) is 10.7. The number of anilines is 1. The molecule has 5 nitrogen and oxygen atoms in total. The van der Waals surface area contributed by atoms with Gasteiger partial charge in [0.2, 0.25) is 0 Å². The smallest absolute Gasteiger partial charge is 0.149 e. The highest BCUT2D eigenvalue weighted by Crippen LogP contribution is 2.15. The van der Waals surface area contributed by atoms with Crippen molar-refractivity contribution in [3.05, 3.63) is 35.8 Å². The minimum absolute atomic E-state index is 0.167. The molecule has 5 heteroatoms. The van der Waals surface area contributed by atoms with E-state index in [9.17, 15) is 0 Å². The highest BCUT2D eigenvalue weighted by molar-refractivity contribution is 5.37. The third-order valence-corrected chi connectivity index (χ3v) is 2.17. The van der Waals surface area contributed by atoms with Gasteiger partial charge in [-0.1, -0.05) is 0 Å². The molecule has 0 spiro atoms. The van der Waals surface area contributed by atoms with Crippen molar-refractivity contribution in [2.24, 2.45) is 0 Å². The number of rotatable bonds is 3. The van der Waals surface area contributed by atoms with Gasteiger partial charge in [-0.25, -0.2) is 0 Å². The summed E-state index contributed by atoms with van der Waals surface area (Å²) >= 11 is 0. The molecule has 0 radical (unpaired) electrons. The van der Waals surface area contributed by atoms with Crippen LogP contribution in [0, 0.1) is 6.92 Å². The molecule has 0 bridgehead atoms. The van der Waals surface area contributed by atoms with Gasteiger partial charge >= 0.3 is 0 Å². The van der Waals surface area contributed by atoms with Crippen LogP contribution in [-0.2, 0) is 0 Å². The van der Waals surface area contributed by atoms with Crippen LogP contribution in [0.15, 0.2) is 24.7 Å². The van der Waals surface area contributed by atoms with E-state index < -0.39 is 0 Å². The van der Waals surface area contributed by atoms with Crippen LogP contribution in [0.25, 0.3) is 0 Å². The minimum Gasteiger partial charge on any atom is -0.362 e. The van der Waals surface area contributed by atoms with Crippen molar-refractivity contribution < 1.29 is 0 Å². The molecule has 0 aliphatic heterocycles. The van der Waals surface area contributed by atoms with Crippen molar-refractivity contribution >= 4 is 5.82 Å². The molecule has 0 saturated carbocycles. The van der Waals surface area contributed by atoms with E-state index in [0.29, 0.717) is 0 Å². The lowest BCUT2D eigenvalue weighted by atomic mass is 10.2. The van der Waals surface area contributed by atoms with Crippen LogP contribution in [0.2, 0.25) is 0 Å². The summed E-state index contributed by atoms with van der Waals surface area (Å²) in [6, 6.07) is 2.13. The number of hydrogen-bond donors (Lipinski definition) is 2. The molecule has 2 aromatic rings. The van der Waals surface area contributed by atoms with Crippen LogP contribution >= 0.6 is 0 Å². The van der Waals surface area contributed by atoms with Crippen molar-refractivity contribution in [2.45, 2.75) is 19.9 Å². The Balaban J connectivity index is 2.09. The van der Waals surface area contributed by atoms with Gasteiger partial charge in [-0.15, -0.1) is 5.10 Å². The van der Waals surface area contributed by atoms with Crippen molar-refractivity contribution in [2.75, 3.05) is 5.32 Å². The maximum Gasteiger partial charge on any atom is 0.149 e. The Morgan fingerprint density at radius 2 is 2.27 bits per heavy atom. The maximum atomic E-state index is 4.00. The van der Waals surface area contributed by atoms with Crippen molar-refractivity contribution in [3.8, 4) is 0 Å². The van der Waals surface area contributed by atoms with Gasteiger partial charge < -0.3 is 5.32 Å². The van der Waals surface area contributed by atoms with Crippen molar-refractivity contribution in [3.63, 3.8) is 0 Å². The Labute approximate surface area is 87.9 Å². The Kier molecular flexibility index (Phi) is 2.62. The van der Waals surface area contributed by atoms with E-state index in [2.05, 4.69) is 32.6 Å². The SMILES string of the molecule is Cc1cnnc(NC(C)c2cn[nH]c2)c1. The lowest BCUT2D eigenvalue weighted by Gasteiger charge is -2.11. The van der Waals surface area contributed by atoms with E-state index in [1.165, 1.54) is 0 Å². The second-order valence-corrected chi connectivity index (χ2v) is 3.52. The summed E-state index contributed by atoms with van der Waals surface area (Å²) < 4.78 is 0. The summed E-state index contributed by atoms with van der Waals surface area (Å²) in [6.07, 6.45) is 5.38. The fraction of sp³-hybridized carbons (Fsp3) is 0.300. The average molecular weight is 203 g/mol. The van der Waals surface area contributed by atoms with Gasteiger partial charge in [0, 0.05) is 11.8 Å². The third-order valence-electron chi connectivity index (χ3n) is 2.17. The van der Waals surface area contributed by atoms with Gasteiger partial charge in [0.05, 0.1) is 18.4 Å². The third kappa shape index (κ3) is 2.31. The lowest BCUT2D eigenvalue weighted by molar-refractivity contribution is 0.859. The molecule has 2 N–H and O–H groups in total. The average Bonchev–Trinajstić information content (AvgIpc) is 2.70. The van der Waals surface area contributed by atoms with E-state index in [1.54, 1.807) is 12.4 Å². The molecule has 15 heavy (non-hydrogen) atoms. The molecule has 0 aliphatic carbocycles. The molecular weight excluding hydrogens is 190 g/mol. The largest absolute Gasteiger partial charge is 0.362 e. The first kappa shape index (κ1) is 9.64. The van der Waals surface area contributed by atoms with E-state index >= 15 is 0 Å². The zero-order valence-corrected chi connectivity index (χ0v) is 8.73. The lowest BCUT2D eigenvalue weighted by Crippen LogP contribution is -2.07. The van der Waals surface area contributed by atoms with Crippen LogP contribution in [0.5, 0.6) is 0 Å². The summed E-state index contributed by atoms with van der Waals surface area (Å²) in [5.74, 6) is 0.781. The first-order chi connectivity index (χ1) is 7.25. The molecule has 2 aromatic heterocycles. The molecule has 0 amide bonds. The summed E-state index contributed by atoms with van der Waals surface area (Å²) in [5.41, 5.74) is 2.19. The fourth-order valence-corrected chi connectivity index (χ4v) is 1.34. The number of aromatic nitrogens is 4. The van der Waals surface area contributed by atoms with Gasteiger partial charge in [0.25, 0.3) is 0 Å². The standard InChI is InChI=1S/C10H13N5/c1-7-3-10(15-13-4-7)14-8(2)9-5-11-12-6-9/h3-6,8H,1-2H3,(H,11,12)(H,14,15). The van der Waals surface area contributed by atoms with Crippen LogP contribution in [0.1, 0.15) is 24.1 Å². The normalized spacial score (nSPS) is 12.4. The second-order valence-electron chi connectivity index (χ2n) is 3.52. The molecule has 0 saturated heterocycles. The molecule has 2 rings (SSSR count). The Hall–Kier alpha value is -1.91. The van der Waals surface area contributed by atoms with E-state index in [-0.39, 0.29) is 6.04 Å². The molecule has 0 aromatic carbocycles. The maximum absolute atomic E-state index is 4.00. The van der Waals surface area contributed by atoms with Gasteiger partial charge in [0.1, 0.15) is 5.82 Å². The number of nitrogens with one attached hydrogen (secondary N) is 2. The Morgan fingerprint density at radius 1 is 1.40 bits per heavy atom. The first-order valence-corrected chi connectivity index (χ1v) is 4.80. The number of H-pyrrole nitrogens is 1. The van der Waals surface area contributed by atoms with Crippen LogP contribution in [0.3, 0.4) is 0 Å². The summed E-state index contributed by atoms with van der Waals surface area (Å²) in [7, 11) is 0. The number of nitrogens with zero attached hydrogens (tertiary/aromatic N) is 3. The van der Waals surface area contributed by atoms with E-state index in [1.807, 2.05) is 19.2 Å². The van der Waals surface area contributed by atoms with Crippen LogP contribution in [0.4, 0.5) is 5.82 Å². The number of aryl methyl sites for hydroxylation is 1. The minimum atomic E-state index is 0.167. The highest BCUT2D eigenvalue weighted by Gasteiger charge is 2.06. The van der Waals surface area contributed by atoms with Gasteiger partial charge in [-0.3, -0.25) is 5.10 Å². The summed E-state index contributed by atoms with van der Waals surface area (Å²) in [5, 5.41) is 17.8. The van der Waals surface area contributed by atoms with Crippen molar-refractivity contribution in [1.29, 1.82) is 0 Å². The molecule has 1 atom stereocenters. The molecule has 78 valence electrons. The van der Waals surface area contributed by atoms with Crippen LogP contribution < -0.4 is 5.32 Å². The van der Waals surface area contributed by atoms with E-state index in [4.69, 9.17) is 0 Å². The van der Waals surface area contributed by atoms with Gasteiger partial charge in [-0.05, 0) is 25.5 Å². The monoisotopic (exact) mass is 203 g/mol. The molecule has 2 heterocycles. The zero-order valence-electron chi connectivity index (χ0n) is 8.73. The van der Waals surface area contributed by atoms with Gasteiger partial charge in [0.15, 0.2) is 0 Å². The topological polar surface area (TPSA) is 66.5 Å². The molecule has 0 aliphatic rings. The summed E-state index contributed by atoms with van der Waals surface area (Å²) in [4.78, 5) is 0. The summed E-state index contributed by atoms with van der Waals surface area (Å²) in [6.45, 7) is 4.04. The molecular formula is C10H13N5. The predicted molar refractivity (Wildman–Crippen MR) is 57.4 cm³/mol. The Bertz CT molecular complexity index is 423. The predicted octanol–water partition coefficient (Wildman–Crippen LogP) is 1.68. The van der Waals surface area contributed by atoms with Gasteiger partial charge in [-0.2, -0.15) is 10.2 Å². The molecule has 0 fully saturated rings.